The third-order valence-corrected chi connectivity index (χ3v) is 2.22. The molecule has 0 fully saturated rings. The summed E-state index contributed by atoms with van der Waals surface area (Å²) >= 11 is 5.56. The van der Waals surface area contributed by atoms with Crippen LogP contribution in [0.5, 0.6) is 11.5 Å². The van der Waals surface area contributed by atoms with Crippen LogP contribution >= 0.6 is 11.6 Å². The first kappa shape index (κ1) is 13.4. The molecule has 4 nitrogen and oxygen atoms in total. The lowest BCUT2D eigenvalue weighted by Crippen LogP contribution is -2.24. The quantitative estimate of drug-likeness (QED) is 0.877. The van der Waals surface area contributed by atoms with Gasteiger partial charge in [0.05, 0.1) is 20.8 Å². The fourth-order valence-corrected chi connectivity index (χ4v) is 1.32. The van der Waals surface area contributed by atoms with Crippen molar-refractivity contribution in [3.8, 4) is 11.5 Å². The highest BCUT2D eigenvalue weighted by molar-refractivity contribution is 6.29. The van der Waals surface area contributed by atoms with E-state index in [1.54, 1.807) is 18.2 Å². The van der Waals surface area contributed by atoms with Gasteiger partial charge in [-0.15, -0.1) is 0 Å². The number of benzene rings is 1. The molecule has 0 heterocycles. The molecular formula is C12H14ClNO3. The van der Waals surface area contributed by atoms with Crippen LogP contribution in [0.4, 0.5) is 0 Å². The van der Waals surface area contributed by atoms with Crippen LogP contribution in [-0.2, 0) is 0 Å². The van der Waals surface area contributed by atoms with Gasteiger partial charge >= 0.3 is 0 Å². The number of carbonyl (C=O) groups is 1. The second-order valence-electron chi connectivity index (χ2n) is 3.27. The predicted molar refractivity (Wildman–Crippen MR) is 66.9 cm³/mol. The first-order valence-electron chi connectivity index (χ1n) is 4.92. The van der Waals surface area contributed by atoms with Gasteiger partial charge in [0.2, 0.25) is 0 Å². The Morgan fingerprint density at radius 3 is 2.53 bits per heavy atom. The summed E-state index contributed by atoms with van der Waals surface area (Å²) in [5.41, 5.74) is 0.473. The Balaban J connectivity index is 2.84. The lowest BCUT2D eigenvalue weighted by molar-refractivity contribution is 0.0957. The Morgan fingerprint density at radius 1 is 1.35 bits per heavy atom. The molecule has 0 saturated heterocycles. The van der Waals surface area contributed by atoms with E-state index < -0.39 is 0 Å². The minimum Gasteiger partial charge on any atom is -0.493 e. The molecule has 17 heavy (non-hydrogen) atoms. The topological polar surface area (TPSA) is 47.6 Å². The molecule has 5 heteroatoms. The summed E-state index contributed by atoms with van der Waals surface area (Å²) in [4.78, 5) is 11.7. The third-order valence-electron chi connectivity index (χ3n) is 2.09. The number of rotatable bonds is 5. The van der Waals surface area contributed by atoms with Crippen LogP contribution in [0.15, 0.2) is 29.8 Å². The van der Waals surface area contributed by atoms with Crippen LogP contribution in [0.2, 0.25) is 0 Å². The summed E-state index contributed by atoms with van der Waals surface area (Å²) in [7, 11) is 3.05. The Kier molecular flexibility index (Phi) is 4.84. The summed E-state index contributed by atoms with van der Waals surface area (Å²) in [6.07, 6.45) is 0. The number of amides is 1. The SMILES string of the molecule is C=C(Cl)CNC(=O)c1ccc(OC)c(OC)c1. The number of ether oxygens (including phenoxy) is 2. The molecule has 0 aliphatic heterocycles. The Labute approximate surface area is 105 Å². The molecule has 0 unspecified atom stereocenters. The zero-order chi connectivity index (χ0) is 12.8. The van der Waals surface area contributed by atoms with Gasteiger partial charge in [-0.1, -0.05) is 18.2 Å². The third kappa shape index (κ3) is 3.67. The summed E-state index contributed by atoms with van der Waals surface area (Å²) in [6, 6.07) is 4.92. The number of hydrogen-bond acceptors (Lipinski definition) is 3. The highest BCUT2D eigenvalue weighted by Crippen LogP contribution is 2.27. The number of nitrogens with one attached hydrogen (secondary N) is 1. The predicted octanol–water partition coefficient (Wildman–Crippen LogP) is 2.19. The van der Waals surface area contributed by atoms with Gasteiger partial charge in [0.25, 0.3) is 5.91 Å². The van der Waals surface area contributed by atoms with Crippen molar-refractivity contribution in [2.45, 2.75) is 0 Å². The maximum absolute atomic E-state index is 11.7. The molecule has 0 aliphatic carbocycles. The molecular weight excluding hydrogens is 242 g/mol. The summed E-state index contributed by atoms with van der Waals surface area (Å²) in [5, 5.41) is 2.99. The minimum atomic E-state index is -0.243. The van der Waals surface area contributed by atoms with E-state index in [0.717, 1.165) is 0 Å². The molecule has 92 valence electrons. The second kappa shape index (κ2) is 6.15. The van der Waals surface area contributed by atoms with Gasteiger partial charge < -0.3 is 14.8 Å². The zero-order valence-corrected chi connectivity index (χ0v) is 10.5. The highest BCUT2D eigenvalue weighted by Gasteiger charge is 2.10. The Morgan fingerprint density at radius 2 is 2.00 bits per heavy atom. The van der Waals surface area contributed by atoms with E-state index in [0.29, 0.717) is 22.1 Å². The van der Waals surface area contributed by atoms with E-state index in [4.69, 9.17) is 21.1 Å². The van der Waals surface area contributed by atoms with Crippen molar-refractivity contribution < 1.29 is 14.3 Å². The first-order chi connectivity index (χ1) is 8.08. The molecule has 0 aliphatic rings. The number of hydrogen-bond donors (Lipinski definition) is 1. The minimum absolute atomic E-state index is 0.231. The van der Waals surface area contributed by atoms with E-state index >= 15 is 0 Å². The smallest absolute Gasteiger partial charge is 0.251 e. The molecule has 1 N–H and O–H groups in total. The average Bonchev–Trinajstić information content (AvgIpc) is 2.34. The fourth-order valence-electron chi connectivity index (χ4n) is 1.26. The average molecular weight is 256 g/mol. The van der Waals surface area contributed by atoms with E-state index in [-0.39, 0.29) is 12.5 Å². The first-order valence-corrected chi connectivity index (χ1v) is 5.29. The molecule has 1 aromatic rings. The molecule has 0 radical (unpaired) electrons. The van der Waals surface area contributed by atoms with Gasteiger partial charge in [0.15, 0.2) is 11.5 Å². The van der Waals surface area contributed by atoms with Crippen LogP contribution in [0.1, 0.15) is 10.4 Å². The summed E-state index contributed by atoms with van der Waals surface area (Å²) in [5.74, 6) is 0.836. The van der Waals surface area contributed by atoms with E-state index in [9.17, 15) is 4.79 Å². The lowest BCUT2D eigenvalue weighted by atomic mass is 10.2. The fraction of sp³-hybridized carbons (Fsp3) is 0.250. The number of carbonyl (C=O) groups excluding carboxylic acids is 1. The van der Waals surface area contributed by atoms with Gasteiger partial charge in [0, 0.05) is 10.6 Å². The molecule has 1 rings (SSSR count). The largest absolute Gasteiger partial charge is 0.493 e. The van der Waals surface area contributed by atoms with Crippen LogP contribution in [0.25, 0.3) is 0 Å². The molecule has 0 atom stereocenters. The molecule has 0 bridgehead atoms. The molecule has 0 aromatic heterocycles. The summed E-state index contributed by atoms with van der Waals surface area (Å²) in [6.45, 7) is 3.72. The van der Waals surface area contributed by atoms with Gasteiger partial charge in [0.1, 0.15) is 0 Å². The Hall–Kier alpha value is -1.68. The van der Waals surface area contributed by atoms with E-state index in [1.165, 1.54) is 14.2 Å². The van der Waals surface area contributed by atoms with E-state index in [2.05, 4.69) is 11.9 Å². The van der Waals surface area contributed by atoms with Gasteiger partial charge in [-0.25, -0.2) is 0 Å². The standard InChI is InChI=1S/C12H14ClNO3/c1-8(13)7-14-12(15)9-4-5-10(16-2)11(6-9)17-3/h4-6H,1,7H2,2-3H3,(H,14,15). The molecule has 1 aromatic carbocycles. The van der Waals surface area contributed by atoms with Crippen molar-refractivity contribution in [3.05, 3.63) is 35.4 Å². The maximum atomic E-state index is 11.7. The zero-order valence-electron chi connectivity index (χ0n) is 9.75. The number of halogens is 1. The number of methoxy groups -OCH3 is 2. The van der Waals surface area contributed by atoms with Crippen LogP contribution in [-0.4, -0.2) is 26.7 Å². The monoisotopic (exact) mass is 255 g/mol. The van der Waals surface area contributed by atoms with Crippen LogP contribution in [0.3, 0.4) is 0 Å². The van der Waals surface area contributed by atoms with Crippen molar-refractivity contribution >= 4 is 17.5 Å². The van der Waals surface area contributed by atoms with Crippen LogP contribution in [0, 0.1) is 0 Å². The van der Waals surface area contributed by atoms with Crippen molar-refractivity contribution in [1.82, 2.24) is 5.32 Å². The van der Waals surface area contributed by atoms with E-state index in [1.807, 2.05) is 0 Å². The normalized spacial score (nSPS) is 9.59. The Bertz CT molecular complexity index is 432. The molecule has 1 amide bonds. The molecule has 0 spiro atoms. The summed E-state index contributed by atoms with van der Waals surface area (Å²) < 4.78 is 10.2. The highest BCUT2D eigenvalue weighted by atomic mass is 35.5. The van der Waals surface area contributed by atoms with Crippen molar-refractivity contribution in [2.75, 3.05) is 20.8 Å². The van der Waals surface area contributed by atoms with Crippen LogP contribution < -0.4 is 14.8 Å². The van der Waals surface area contributed by atoms with Gasteiger partial charge in [-0.3, -0.25) is 4.79 Å². The maximum Gasteiger partial charge on any atom is 0.251 e. The van der Waals surface area contributed by atoms with Gasteiger partial charge in [-0.2, -0.15) is 0 Å². The van der Waals surface area contributed by atoms with Crippen molar-refractivity contribution in [3.63, 3.8) is 0 Å². The molecule has 0 saturated carbocycles. The second-order valence-corrected chi connectivity index (χ2v) is 3.80. The van der Waals surface area contributed by atoms with Crippen molar-refractivity contribution in [2.24, 2.45) is 0 Å². The van der Waals surface area contributed by atoms with Crippen molar-refractivity contribution in [1.29, 1.82) is 0 Å². The van der Waals surface area contributed by atoms with Gasteiger partial charge in [-0.05, 0) is 18.2 Å². The lowest BCUT2D eigenvalue weighted by Gasteiger charge is -2.09.